The van der Waals surface area contributed by atoms with Crippen LogP contribution in [0, 0.1) is 6.92 Å². The molecule has 4 heterocycles. The molecule has 0 aliphatic carbocycles. The number of nitrogens with one attached hydrogen (secondary N) is 1. The minimum absolute atomic E-state index is 0.00636. The first-order chi connectivity index (χ1) is 16.0. The summed E-state index contributed by atoms with van der Waals surface area (Å²) in [6.07, 6.45) is 9.39. The molecule has 2 fully saturated rings. The first kappa shape index (κ1) is 22.3. The Labute approximate surface area is 203 Å². The number of anilines is 2. The first-order valence-corrected chi connectivity index (χ1v) is 13.2. The number of likely N-dealkylation sites (tertiary alicyclic amines) is 1. The molecule has 2 saturated heterocycles. The van der Waals surface area contributed by atoms with Crippen LogP contribution in [0.5, 0.6) is 0 Å². The third kappa shape index (κ3) is 4.38. The van der Waals surface area contributed by atoms with Crippen LogP contribution in [-0.2, 0) is 0 Å². The molecule has 2 aromatic heterocycles. The summed E-state index contributed by atoms with van der Waals surface area (Å²) in [6, 6.07) is 7.38. The Bertz CT molecular complexity index is 1180. The van der Waals surface area contributed by atoms with Gasteiger partial charge in [-0.15, -0.1) is 0 Å². The molecule has 0 radical (unpaired) electrons. The van der Waals surface area contributed by atoms with Gasteiger partial charge in [0.25, 0.3) is 5.91 Å². The van der Waals surface area contributed by atoms with Gasteiger partial charge in [0, 0.05) is 48.7 Å². The number of hydrogen-bond donors (Lipinski definition) is 1. The van der Waals surface area contributed by atoms with Crippen molar-refractivity contribution >= 4 is 46.6 Å². The van der Waals surface area contributed by atoms with Crippen molar-refractivity contribution in [2.24, 2.45) is 0 Å². The third-order valence-electron chi connectivity index (χ3n) is 6.56. The number of piperidine rings is 1. The summed E-state index contributed by atoms with van der Waals surface area (Å²) in [5.41, 5.74) is 4.25. The molecule has 0 bridgehead atoms. The molecule has 9 heteroatoms. The molecule has 1 atom stereocenters. The average Bonchev–Trinajstić information content (AvgIpc) is 3.48. The van der Waals surface area contributed by atoms with E-state index < -0.39 is 0 Å². The topological polar surface area (TPSA) is 65.8 Å². The quantitative estimate of drug-likeness (QED) is 0.492. The monoisotopic (exact) mass is 484 g/mol. The van der Waals surface area contributed by atoms with Crippen molar-refractivity contribution in [3.8, 4) is 0 Å². The van der Waals surface area contributed by atoms with Gasteiger partial charge < -0.3 is 14.5 Å². The summed E-state index contributed by atoms with van der Waals surface area (Å²) in [5, 5.41) is 5.47. The molecule has 0 spiro atoms. The van der Waals surface area contributed by atoms with Crippen LogP contribution in [0.15, 0.2) is 30.5 Å². The molecule has 5 rings (SSSR count). The molecular weight excluding hydrogens is 456 g/mol. The number of rotatable bonds is 5. The standard InChI is InChI=1S/C24H29ClN6OS/c1-16-15-31-22(26-23(16)29-10-5-6-11-29)14-20(27-31)21-7-3-4-12-30(21)24(32)18-9-8-17(25)13-19(18)28-33-2/h8-9,13-15,21,28H,3-7,10-12H2,1-2H3. The van der Waals surface area contributed by atoms with Crippen molar-refractivity contribution in [2.75, 3.05) is 35.5 Å². The van der Waals surface area contributed by atoms with E-state index in [1.165, 1.54) is 24.8 Å². The molecule has 2 aliphatic rings. The van der Waals surface area contributed by atoms with Gasteiger partial charge in [0.2, 0.25) is 0 Å². The maximum atomic E-state index is 13.7. The van der Waals surface area contributed by atoms with Crippen molar-refractivity contribution in [2.45, 2.75) is 45.1 Å². The van der Waals surface area contributed by atoms with Gasteiger partial charge in [-0.05, 0) is 57.2 Å². The molecule has 7 nitrogen and oxygen atoms in total. The molecule has 33 heavy (non-hydrogen) atoms. The van der Waals surface area contributed by atoms with Crippen LogP contribution < -0.4 is 9.62 Å². The number of aryl methyl sites for hydroxylation is 1. The second-order valence-electron chi connectivity index (χ2n) is 8.82. The van der Waals surface area contributed by atoms with E-state index in [9.17, 15) is 4.79 Å². The van der Waals surface area contributed by atoms with E-state index in [0.717, 1.165) is 60.8 Å². The van der Waals surface area contributed by atoms with Crippen molar-refractivity contribution in [1.29, 1.82) is 0 Å². The van der Waals surface area contributed by atoms with Crippen molar-refractivity contribution in [1.82, 2.24) is 19.5 Å². The minimum atomic E-state index is -0.0682. The van der Waals surface area contributed by atoms with Gasteiger partial charge >= 0.3 is 0 Å². The zero-order valence-corrected chi connectivity index (χ0v) is 20.6. The highest BCUT2D eigenvalue weighted by Crippen LogP contribution is 2.34. The zero-order valence-electron chi connectivity index (χ0n) is 19.1. The minimum Gasteiger partial charge on any atom is -0.356 e. The Kier molecular flexibility index (Phi) is 6.38. The third-order valence-corrected chi connectivity index (χ3v) is 7.22. The average molecular weight is 485 g/mol. The van der Waals surface area contributed by atoms with Gasteiger partial charge in [-0.3, -0.25) is 4.79 Å². The molecule has 1 unspecified atom stereocenters. The van der Waals surface area contributed by atoms with Crippen LogP contribution in [0.25, 0.3) is 5.65 Å². The highest BCUT2D eigenvalue weighted by Gasteiger charge is 2.32. The lowest BCUT2D eigenvalue weighted by molar-refractivity contribution is 0.0607. The predicted molar refractivity (Wildman–Crippen MR) is 135 cm³/mol. The number of benzene rings is 1. The molecular formula is C24H29ClN6OS. The van der Waals surface area contributed by atoms with Crippen LogP contribution in [0.3, 0.4) is 0 Å². The Morgan fingerprint density at radius 2 is 1.94 bits per heavy atom. The van der Waals surface area contributed by atoms with Crippen molar-refractivity contribution in [3.63, 3.8) is 0 Å². The van der Waals surface area contributed by atoms with E-state index in [2.05, 4.69) is 28.8 Å². The number of hydrogen-bond acceptors (Lipinski definition) is 6. The summed E-state index contributed by atoms with van der Waals surface area (Å²) in [4.78, 5) is 22.9. The second-order valence-corrected chi connectivity index (χ2v) is 9.87. The maximum absolute atomic E-state index is 13.7. The molecule has 1 aromatic carbocycles. The lowest BCUT2D eigenvalue weighted by atomic mass is 9.98. The zero-order chi connectivity index (χ0) is 22.9. The fraction of sp³-hybridized carbons (Fsp3) is 0.458. The van der Waals surface area contributed by atoms with Crippen LogP contribution in [0.2, 0.25) is 5.02 Å². The molecule has 1 N–H and O–H groups in total. The Morgan fingerprint density at radius 3 is 2.73 bits per heavy atom. The molecule has 1 amide bonds. The fourth-order valence-corrected chi connectivity index (χ4v) is 5.53. The number of fused-ring (bicyclic) bond motifs is 1. The second kappa shape index (κ2) is 9.43. The fourth-order valence-electron chi connectivity index (χ4n) is 4.97. The number of carbonyl (C=O) groups is 1. The van der Waals surface area contributed by atoms with E-state index in [1.807, 2.05) is 27.8 Å². The predicted octanol–water partition coefficient (Wildman–Crippen LogP) is 5.35. The number of halogens is 1. The number of amides is 1. The number of aromatic nitrogens is 3. The number of carbonyl (C=O) groups excluding carboxylic acids is 1. The molecule has 174 valence electrons. The largest absolute Gasteiger partial charge is 0.356 e. The SMILES string of the molecule is CSNc1cc(Cl)ccc1C(=O)N1CCCCC1c1cc2nc(N3CCCC3)c(C)cn2n1. The first-order valence-electron chi connectivity index (χ1n) is 11.6. The highest BCUT2D eigenvalue weighted by molar-refractivity contribution is 7.99. The van der Waals surface area contributed by atoms with E-state index in [1.54, 1.807) is 6.07 Å². The van der Waals surface area contributed by atoms with Gasteiger partial charge in [0.1, 0.15) is 5.82 Å². The summed E-state index contributed by atoms with van der Waals surface area (Å²) < 4.78 is 5.07. The van der Waals surface area contributed by atoms with Crippen molar-refractivity contribution in [3.05, 3.63) is 52.3 Å². The molecule has 2 aliphatic heterocycles. The van der Waals surface area contributed by atoms with Gasteiger partial charge in [0.15, 0.2) is 5.65 Å². The lowest BCUT2D eigenvalue weighted by Crippen LogP contribution is -2.39. The van der Waals surface area contributed by atoms with Gasteiger partial charge in [0.05, 0.1) is 23.0 Å². The summed E-state index contributed by atoms with van der Waals surface area (Å²) >= 11 is 7.64. The summed E-state index contributed by atoms with van der Waals surface area (Å²) in [5.74, 6) is 1.06. The molecule has 0 saturated carbocycles. The van der Waals surface area contributed by atoms with Crippen LogP contribution in [0.1, 0.15) is 59.8 Å². The summed E-state index contributed by atoms with van der Waals surface area (Å²) in [7, 11) is 0. The van der Waals surface area contributed by atoms with Gasteiger partial charge in [-0.1, -0.05) is 23.5 Å². The van der Waals surface area contributed by atoms with E-state index in [-0.39, 0.29) is 11.9 Å². The maximum Gasteiger partial charge on any atom is 0.256 e. The van der Waals surface area contributed by atoms with E-state index >= 15 is 0 Å². The Balaban J connectivity index is 1.48. The van der Waals surface area contributed by atoms with E-state index in [4.69, 9.17) is 21.7 Å². The van der Waals surface area contributed by atoms with Gasteiger partial charge in [-0.2, -0.15) is 5.10 Å². The normalized spacial score (nSPS) is 18.8. The number of nitrogens with zero attached hydrogens (tertiary/aromatic N) is 5. The smallest absolute Gasteiger partial charge is 0.256 e. The van der Waals surface area contributed by atoms with Crippen molar-refractivity contribution < 1.29 is 4.79 Å². The Hall–Kier alpha value is -2.45. The van der Waals surface area contributed by atoms with Crippen LogP contribution >= 0.6 is 23.5 Å². The molecule has 3 aromatic rings. The van der Waals surface area contributed by atoms with Gasteiger partial charge in [-0.25, -0.2) is 9.50 Å². The van der Waals surface area contributed by atoms with Crippen LogP contribution in [0.4, 0.5) is 11.5 Å². The highest BCUT2D eigenvalue weighted by atomic mass is 35.5. The Morgan fingerprint density at radius 1 is 1.15 bits per heavy atom. The summed E-state index contributed by atoms with van der Waals surface area (Å²) in [6.45, 7) is 4.93. The lowest BCUT2D eigenvalue weighted by Gasteiger charge is -2.35. The van der Waals surface area contributed by atoms with Crippen LogP contribution in [-0.4, -0.2) is 51.3 Å². The van der Waals surface area contributed by atoms with E-state index in [0.29, 0.717) is 17.1 Å².